The second-order valence-corrected chi connectivity index (χ2v) is 7.74. The molecule has 3 heterocycles. The van der Waals surface area contributed by atoms with E-state index in [-0.39, 0.29) is 36.2 Å². The summed E-state index contributed by atoms with van der Waals surface area (Å²) in [5.41, 5.74) is -0.215. The Bertz CT molecular complexity index is 970. The number of carbonyl (C=O) groups is 1. The van der Waals surface area contributed by atoms with Gasteiger partial charge in [-0.1, -0.05) is 11.6 Å². The first-order valence-corrected chi connectivity index (χ1v) is 10.1. The molecule has 1 aliphatic heterocycles. The molecule has 1 fully saturated rings. The van der Waals surface area contributed by atoms with Crippen LogP contribution >= 0.6 is 11.6 Å². The number of aryl methyl sites for hydroxylation is 1. The number of nitrogens with one attached hydrogen (secondary N) is 2. The number of aromatic nitrogens is 3. The Morgan fingerprint density at radius 2 is 2.16 bits per heavy atom. The van der Waals surface area contributed by atoms with Gasteiger partial charge in [0, 0.05) is 19.0 Å². The normalized spacial score (nSPS) is 18.2. The number of aliphatic hydroxyl groups excluding tert-OH is 1. The smallest absolute Gasteiger partial charge is 0.319 e. The number of anilines is 2. The molecule has 1 atom stereocenters. The van der Waals surface area contributed by atoms with E-state index in [1.807, 2.05) is 0 Å². The Morgan fingerprint density at radius 3 is 2.81 bits per heavy atom. The third kappa shape index (κ3) is 6.33. The molecule has 0 saturated carbocycles. The highest BCUT2D eigenvalue weighted by Gasteiger charge is 2.38. The molecule has 32 heavy (non-hydrogen) atoms. The lowest BCUT2D eigenvalue weighted by molar-refractivity contribution is 0.0796. The van der Waals surface area contributed by atoms with E-state index in [0.717, 1.165) is 5.56 Å². The van der Waals surface area contributed by atoms with Crippen LogP contribution in [0.1, 0.15) is 17.7 Å². The van der Waals surface area contributed by atoms with Crippen molar-refractivity contribution in [3.63, 3.8) is 0 Å². The monoisotopic (exact) mass is 474 g/mol. The third-order valence-electron chi connectivity index (χ3n) is 4.71. The molecule has 0 radical (unpaired) electrons. The summed E-state index contributed by atoms with van der Waals surface area (Å²) >= 11 is 5.82. The van der Waals surface area contributed by atoms with E-state index in [1.54, 1.807) is 17.9 Å². The van der Waals surface area contributed by atoms with Crippen LogP contribution in [0.2, 0.25) is 5.15 Å². The minimum Gasteiger partial charge on any atom is -0.471 e. The number of carbonyl (C=O) groups excluding carboxylic acids is 1. The van der Waals surface area contributed by atoms with Crippen LogP contribution in [0, 0.1) is 6.92 Å². The molecule has 0 aromatic carbocycles. The molecule has 9 nitrogen and oxygen atoms in total. The lowest BCUT2D eigenvalue weighted by atomic mass is 10.1. The average molecular weight is 475 g/mol. The first-order valence-electron chi connectivity index (χ1n) is 9.69. The number of aliphatic hydroxyl groups is 1. The van der Waals surface area contributed by atoms with Gasteiger partial charge in [0.05, 0.1) is 31.1 Å². The minimum atomic E-state index is -2.67. The molecule has 2 amide bonds. The Morgan fingerprint density at radius 1 is 1.38 bits per heavy atom. The summed E-state index contributed by atoms with van der Waals surface area (Å²) in [7, 11) is 0. The van der Waals surface area contributed by atoms with Gasteiger partial charge in [-0.05, 0) is 24.6 Å². The predicted molar refractivity (Wildman–Crippen MR) is 111 cm³/mol. The van der Waals surface area contributed by atoms with Crippen LogP contribution in [0.15, 0.2) is 18.2 Å². The standard InChI is InChI=1S/C19H22ClF3N6O3/c1-11-4-13(27-28-17(11)29-3-2-19(23,9-29)10-30)7-24-18(31)25-12-5-14(20)26-16(6-12)32-8-15(21)22/h4-6,15,30H,2-3,7-10H2,1H3,(H2,24,25,26,31)/t19-/m1/s1. The minimum absolute atomic E-state index is 0.0374. The van der Waals surface area contributed by atoms with Gasteiger partial charge in [-0.25, -0.2) is 22.9 Å². The van der Waals surface area contributed by atoms with Gasteiger partial charge in [-0.3, -0.25) is 0 Å². The highest BCUT2D eigenvalue weighted by molar-refractivity contribution is 6.29. The summed E-state index contributed by atoms with van der Waals surface area (Å²) in [6.45, 7) is 0.912. The van der Waals surface area contributed by atoms with Crippen molar-refractivity contribution in [1.82, 2.24) is 20.5 Å². The first-order chi connectivity index (χ1) is 15.2. The van der Waals surface area contributed by atoms with Crippen LogP contribution in [0.5, 0.6) is 5.88 Å². The maximum absolute atomic E-state index is 14.3. The van der Waals surface area contributed by atoms with Crippen molar-refractivity contribution < 1.29 is 27.8 Å². The Labute approximate surface area is 186 Å². The number of urea groups is 1. The number of pyridine rings is 1. The molecule has 1 saturated heterocycles. The predicted octanol–water partition coefficient (Wildman–Crippen LogP) is 2.71. The van der Waals surface area contributed by atoms with Crippen LogP contribution < -0.4 is 20.3 Å². The van der Waals surface area contributed by atoms with E-state index in [9.17, 15) is 23.1 Å². The van der Waals surface area contributed by atoms with E-state index in [1.165, 1.54) is 12.1 Å². The van der Waals surface area contributed by atoms with E-state index in [0.29, 0.717) is 18.1 Å². The SMILES string of the molecule is Cc1cc(CNC(=O)Nc2cc(Cl)nc(OCC(F)F)c2)nnc1N1CC[C@](F)(CO)C1. The lowest BCUT2D eigenvalue weighted by Gasteiger charge is -2.21. The molecule has 174 valence electrons. The molecule has 0 bridgehead atoms. The number of hydrogen-bond donors (Lipinski definition) is 3. The van der Waals surface area contributed by atoms with Crippen molar-refractivity contribution in [2.75, 3.05) is 36.5 Å². The highest BCUT2D eigenvalue weighted by Crippen LogP contribution is 2.29. The molecule has 0 spiro atoms. The zero-order valence-corrected chi connectivity index (χ0v) is 17.9. The number of ether oxygens (including phenoxy) is 1. The molecular formula is C19H22ClF3N6O3. The van der Waals surface area contributed by atoms with Gasteiger partial charge in [0.1, 0.15) is 5.15 Å². The average Bonchev–Trinajstić information content (AvgIpc) is 3.13. The molecule has 2 aromatic rings. The number of halogens is 4. The molecule has 3 N–H and O–H groups in total. The van der Waals surface area contributed by atoms with Crippen LogP contribution in [0.4, 0.5) is 29.5 Å². The van der Waals surface area contributed by atoms with Gasteiger partial charge < -0.3 is 25.4 Å². The number of amides is 2. The van der Waals surface area contributed by atoms with Gasteiger partial charge in [0.2, 0.25) is 5.88 Å². The van der Waals surface area contributed by atoms with Crippen molar-refractivity contribution in [2.24, 2.45) is 0 Å². The second-order valence-electron chi connectivity index (χ2n) is 7.35. The number of nitrogens with zero attached hydrogens (tertiary/aromatic N) is 4. The maximum Gasteiger partial charge on any atom is 0.319 e. The van der Waals surface area contributed by atoms with Crippen molar-refractivity contribution in [3.8, 4) is 5.88 Å². The van der Waals surface area contributed by atoms with Gasteiger partial charge in [0.25, 0.3) is 6.43 Å². The summed E-state index contributed by atoms with van der Waals surface area (Å²) in [6, 6.07) is 3.72. The van der Waals surface area contributed by atoms with Gasteiger partial charge in [0.15, 0.2) is 18.1 Å². The van der Waals surface area contributed by atoms with E-state index >= 15 is 0 Å². The molecular weight excluding hydrogens is 453 g/mol. The van der Waals surface area contributed by atoms with Gasteiger partial charge >= 0.3 is 6.03 Å². The Hall–Kier alpha value is -2.86. The van der Waals surface area contributed by atoms with Crippen LogP contribution in [0.3, 0.4) is 0 Å². The maximum atomic E-state index is 14.3. The quantitative estimate of drug-likeness (QED) is 0.504. The number of rotatable bonds is 8. The molecule has 3 rings (SSSR count). The van der Waals surface area contributed by atoms with Crippen molar-refractivity contribution in [1.29, 1.82) is 0 Å². The summed E-state index contributed by atoms with van der Waals surface area (Å²) < 4.78 is 43.6. The fourth-order valence-electron chi connectivity index (χ4n) is 3.19. The van der Waals surface area contributed by atoms with Crippen molar-refractivity contribution >= 4 is 29.1 Å². The summed E-state index contributed by atoms with van der Waals surface area (Å²) in [5, 5.41) is 22.4. The molecule has 1 aliphatic rings. The second kappa shape index (κ2) is 10.2. The molecule has 0 unspecified atom stereocenters. The zero-order valence-electron chi connectivity index (χ0n) is 17.1. The number of alkyl halides is 3. The van der Waals surface area contributed by atoms with E-state index in [2.05, 4.69) is 25.8 Å². The highest BCUT2D eigenvalue weighted by atomic mass is 35.5. The summed E-state index contributed by atoms with van der Waals surface area (Å²) in [4.78, 5) is 17.6. The Balaban J connectivity index is 1.56. The Kier molecular flexibility index (Phi) is 7.56. The van der Waals surface area contributed by atoms with Crippen LogP contribution in [-0.4, -0.2) is 64.7 Å². The topological polar surface area (TPSA) is 112 Å². The van der Waals surface area contributed by atoms with Gasteiger partial charge in [-0.2, -0.15) is 5.10 Å². The largest absolute Gasteiger partial charge is 0.471 e. The van der Waals surface area contributed by atoms with Crippen LogP contribution in [0.25, 0.3) is 0 Å². The number of hydrogen-bond acceptors (Lipinski definition) is 7. The van der Waals surface area contributed by atoms with E-state index < -0.39 is 31.3 Å². The lowest BCUT2D eigenvalue weighted by Crippen LogP contribution is -2.33. The summed E-state index contributed by atoms with van der Waals surface area (Å²) in [5.74, 6) is 0.375. The first kappa shape index (κ1) is 23.8. The molecule has 13 heteroatoms. The fraction of sp³-hybridized carbons (Fsp3) is 0.474. The third-order valence-corrected chi connectivity index (χ3v) is 4.91. The van der Waals surface area contributed by atoms with Crippen molar-refractivity contribution in [3.05, 3.63) is 34.6 Å². The van der Waals surface area contributed by atoms with Crippen molar-refractivity contribution in [2.45, 2.75) is 32.0 Å². The zero-order chi connectivity index (χ0) is 23.3. The molecule has 0 aliphatic carbocycles. The van der Waals surface area contributed by atoms with Gasteiger partial charge in [-0.15, -0.1) is 5.10 Å². The molecule has 2 aromatic heterocycles. The van der Waals surface area contributed by atoms with E-state index in [4.69, 9.17) is 16.3 Å². The summed E-state index contributed by atoms with van der Waals surface area (Å²) in [6.07, 6.45) is -2.46. The fourth-order valence-corrected chi connectivity index (χ4v) is 3.39. The van der Waals surface area contributed by atoms with Crippen LogP contribution in [-0.2, 0) is 6.54 Å².